The second-order valence-corrected chi connectivity index (χ2v) is 6.06. The first kappa shape index (κ1) is 13.7. The molecular formula is C17H26N2O. The van der Waals surface area contributed by atoms with Crippen LogP contribution in [-0.2, 0) is 6.54 Å². The van der Waals surface area contributed by atoms with Crippen molar-refractivity contribution in [3.8, 4) is 5.75 Å². The summed E-state index contributed by atoms with van der Waals surface area (Å²) in [7, 11) is 1.78. The van der Waals surface area contributed by atoms with Crippen LogP contribution in [-0.4, -0.2) is 26.2 Å². The molecule has 1 aromatic rings. The van der Waals surface area contributed by atoms with E-state index in [1.165, 1.54) is 49.8 Å². The molecule has 110 valence electrons. The molecule has 0 spiro atoms. The van der Waals surface area contributed by atoms with Crippen LogP contribution in [0.3, 0.4) is 0 Å². The molecule has 3 rings (SSSR count). The van der Waals surface area contributed by atoms with Crippen molar-refractivity contribution in [2.75, 3.05) is 25.1 Å². The summed E-state index contributed by atoms with van der Waals surface area (Å²) in [6.07, 6.45) is 8.04. The maximum atomic E-state index is 5.60. The molecule has 1 saturated carbocycles. The van der Waals surface area contributed by atoms with Crippen molar-refractivity contribution in [1.29, 1.82) is 0 Å². The summed E-state index contributed by atoms with van der Waals surface area (Å²) in [5.74, 6) is 1.03. The van der Waals surface area contributed by atoms with Crippen LogP contribution in [0.1, 0.15) is 44.1 Å². The second-order valence-electron chi connectivity index (χ2n) is 6.06. The molecule has 1 aliphatic heterocycles. The van der Waals surface area contributed by atoms with Crippen molar-refractivity contribution in [3.63, 3.8) is 0 Å². The summed E-state index contributed by atoms with van der Waals surface area (Å²) >= 11 is 0. The van der Waals surface area contributed by atoms with E-state index in [1.54, 1.807) is 7.11 Å². The number of hydrogen-bond donors (Lipinski definition) is 1. The van der Waals surface area contributed by atoms with Gasteiger partial charge in [0.05, 0.1) is 12.8 Å². The molecule has 0 bridgehead atoms. The van der Waals surface area contributed by atoms with Crippen LogP contribution < -0.4 is 15.0 Å². The Bertz CT molecular complexity index is 435. The molecule has 20 heavy (non-hydrogen) atoms. The van der Waals surface area contributed by atoms with E-state index in [1.807, 2.05) is 0 Å². The number of anilines is 1. The van der Waals surface area contributed by atoms with Gasteiger partial charge in [-0.15, -0.1) is 0 Å². The Morgan fingerprint density at radius 1 is 1.15 bits per heavy atom. The van der Waals surface area contributed by atoms with Crippen molar-refractivity contribution in [1.82, 2.24) is 5.32 Å². The van der Waals surface area contributed by atoms with Crippen molar-refractivity contribution in [3.05, 3.63) is 23.8 Å². The average molecular weight is 274 g/mol. The van der Waals surface area contributed by atoms with E-state index in [0.717, 1.165) is 31.4 Å². The molecule has 1 heterocycles. The van der Waals surface area contributed by atoms with Crippen molar-refractivity contribution >= 4 is 5.69 Å². The van der Waals surface area contributed by atoms with E-state index in [2.05, 4.69) is 28.4 Å². The first-order valence-corrected chi connectivity index (χ1v) is 8.02. The zero-order valence-electron chi connectivity index (χ0n) is 12.5. The summed E-state index contributed by atoms with van der Waals surface area (Å²) < 4.78 is 5.60. The van der Waals surface area contributed by atoms with Gasteiger partial charge >= 0.3 is 0 Å². The van der Waals surface area contributed by atoms with Gasteiger partial charge in [0.1, 0.15) is 5.75 Å². The summed E-state index contributed by atoms with van der Waals surface area (Å²) in [6, 6.07) is 7.41. The van der Waals surface area contributed by atoms with Crippen LogP contribution in [0.25, 0.3) is 0 Å². The van der Waals surface area contributed by atoms with Crippen LogP contribution in [0.5, 0.6) is 5.75 Å². The SMILES string of the molecule is COc1cc(CNC2CCCC2)ccc1N1CCCC1. The predicted molar refractivity (Wildman–Crippen MR) is 83.5 cm³/mol. The smallest absolute Gasteiger partial charge is 0.142 e. The fourth-order valence-electron chi connectivity index (χ4n) is 3.44. The third-order valence-corrected chi connectivity index (χ3v) is 4.64. The number of nitrogens with one attached hydrogen (secondary N) is 1. The fraction of sp³-hybridized carbons (Fsp3) is 0.647. The number of hydrogen-bond acceptors (Lipinski definition) is 3. The second kappa shape index (κ2) is 6.49. The van der Waals surface area contributed by atoms with Gasteiger partial charge in [0.2, 0.25) is 0 Å². The van der Waals surface area contributed by atoms with E-state index < -0.39 is 0 Å². The Balaban J connectivity index is 1.66. The van der Waals surface area contributed by atoms with Gasteiger partial charge in [0.15, 0.2) is 0 Å². The Kier molecular flexibility index (Phi) is 4.46. The average Bonchev–Trinajstić information content (AvgIpc) is 3.18. The molecule has 0 unspecified atom stereocenters. The molecule has 2 aliphatic rings. The van der Waals surface area contributed by atoms with Gasteiger partial charge in [-0.1, -0.05) is 18.9 Å². The fourth-order valence-corrected chi connectivity index (χ4v) is 3.44. The van der Waals surface area contributed by atoms with E-state index in [4.69, 9.17) is 4.74 Å². The highest BCUT2D eigenvalue weighted by molar-refractivity contribution is 5.60. The number of rotatable bonds is 5. The lowest BCUT2D eigenvalue weighted by Crippen LogP contribution is -2.25. The molecule has 0 atom stereocenters. The van der Waals surface area contributed by atoms with E-state index in [0.29, 0.717) is 0 Å². The largest absolute Gasteiger partial charge is 0.495 e. The topological polar surface area (TPSA) is 24.5 Å². The van der Waals surface area contributed by atoms with Crippen LogP contribution in [0.4, 0.5) is 5.69 Å². The zero-order chi connectivity index (χ0) is 13.8. The lowest BCUT2D eigenvalue weighted by molar-refractivity contribution is 0.413. The molecule has 3 nitrogen and oxygen atoms in total. The minimum absolute atomic E-state index is 0.722. The first-order chi connectivity index (χ1) is 9.86. The van der Waals surface area contributed by atoms with Crippen LogP contribution in [0.15, 0.2) is 18.2 Å². The Morgan fingerprint density at radius 3 is 2.60 bits per heavy atom. The maximum absolute atomic E-state index is 5.60. The summed E-state index contributed by atoms with van der Waals surface area (Å²) in [4.78, 5) is 2.44. The quantitative estimate of drug-likeness (QED) is 0.891. The molecule has 1 N–H and O–H groups in total. The summed E-state index contributed by atoms with van der Waals surface area (Å²) in [5, 5.41) is 3.67. The van der Waals surface area contributed by atoms with E-state index in [9.17, 15) is 0 Å². The number of ether oxygens (including phenoxy) is 1. The summed E-state index contributed by atoms with van der Waals surface area (Å²) in [6.45, 7) is 3.29. The number of benzene rings is 1. The Labute approximate surface area is 122 Å². The molecule has 1 aliphatic carbocycles. The lowest BCUT2D eigenvalue weighted by Gasteiger charge is -2.21. The molecule has 0 aromatic heterocycles. The maximum Gasteiger partial charge on any atom is 0.142 e. The molecule has 0 radical (unpaired) electrons. The van der Waals surface area contributed by atoms with Gasteiger partial charge in [0.25, 0.3) is 0 Å². The molecular weight excluding hydrogens is 248 g/mol. The Morgan fingerprint density at radius 2 is 1.90 bits per heavy atom. The predicted octanol–water partition coefficient (Wildman–Crippen LogP) is 3.33. The van der Waals surface area contributed by atoms with E-state index in [-0.39, 0.29) is 0 Å². The lowest BCUT2D eigenvalue weighted by atomic mass is 10.1. The standard InChI is InChI=1S/C17H26N2O/c1-20-17-12-14(13-18-15-6-2-3-7-15)8-9-16(17)19-10-4-5-11-19/h8-9,12,15,18H,2-7,10-11,13H2,1H3. The summed E-state index contributed by atoms with van der Waals surface area (Å²) in [5.41, 5.74) is 2.59. The normalized spacial score (nSPS) is 19.8. The highest BCUT2D eigenvalue weighted by atomic mass is 16.5. The molecule has 2 fully saturated rings. The first-order valence-electron chi connectivity index (χ1n) is 8.02. The van der Waals surface area contributed by atoms with Crippen LogP contribution in [0.2, 0.25) is 0 Å². The van der Waals surface area contributed by atoms with Gasteiger partial charge in [0, 0.05) is 25.7 Å². The van der Waals surface area contributed by atoms with Gasteiger partial charge in [-0.25, -0.2) is 0 Å². The zero-order valence-corrected chi connectivity index (χ0v) is 12.5. The minimum Gasteiger partial charge on any atom is -0.495 e. The van der Waals surface area contributed by atoms with Crippen LogP contribution >= 0.6 is 0 Å². The van der Waals surface area contributed by atoms with Gasteiger partial charge in [-0.3, -0.25) is 0 Å². The highest BCUT2D eigenvalue weighted by Crippen LogP contribution is 2.31. The molecule has 0 amide bonds. The van der Waals surface area contributed by atoms with Crippen molar-refractivity contribution < 1.29 is 4.74 Å². The number of methoxy groups -OCH3 is 1. The van der Waals surface area contributed by atoms with E-state index >= 15 is 0 Å². The number of nitrogens with zero attached hydrogens (tertiary/aromatic N) is 1. The van der Waals surface area contributed by atoms with Crippen molar-refractivity contribution in [2.24, 2.45) is 0 Å². The monoisotopic (exact) mass is 274 g/mol. The highest BCUT2D eigenvalue weighted by Gasteiger charge is 2.17. The third-order valence-electron chi connectivity index (χ3n) is 4.64. The molecule has 1 aromatic carbocycles. The van der Waals surface area contributed by atoms with Gasteiger partial charge in [-0.05, 0) is 43.4 Å². The molecule has 1 saturated heterocycles. The third kappa shape index (κ3) is 3.09. The van der Waals surface area contributed by atoms with Crippen LogP contribution in [0, 0.1) is 0 Å². The minimum atomic E-state index is 0.722. The van der Waals surface area contributed by atoms with Gasteiger partial charge < -0.3 is 15.0 Å². The Hall–Kier alpha value is -1.22. The van der Waals surface area contributed by atoms with Gasteiger partial charge in [-0.2, -0.15) is 0 Å². The van der Waals surface area contributed by atoms with Crippen molar-refractivity contribution in [2.45, 2.75) is 51.1 Å². The molecule has 3 heteroatoms.